The number of oxazole rings is 1. The zero-order valence-corrected chi connectivity index (χ0v) is 16.1. The molecule has 0 atom stereocenters. The first kappa shape index (κ1) is 18.6. The number of nitrogens with zero attached hydrogens (tertiary/aromatic N) is 1. The summed E-state index contributed by atoms with van der Waals surface area (Å²) in [6, 6.07) is 20.3. The van der Waals surface area contributed by atoms with Crippen LogP contribution in [0.15, 0.2) is 71.1 Å². The molecule has 6 heteroatoms. The van der Waals surface area contributed by atoms with Crippen LogP contribution in [0.5, 0.6) is 11.5 Å². The Hall–Kier alpha value is -3.80. The third-order valence-electron chi connectivity index (χ3n) is 4.39. The molecule has 0 saturated carbocycles. The number of aromatic nitrogens is 1. The second-order valence-electron chi connectivity index (χ2n) is 6.58. The van der Waals surface area contributed by atoms with Crippen LogP contribution in [-0.4, -0.2) is 24.6 Å². The first-order chi connectivity index (χ1) is 14.1. The molecule has 0 spiro atoms. The summed E-state index contributed by atoms with van der Waals surface area (Å²) in [5.41, 5.74) is 4.21. The van der Waals surface area contributed by atoms with Crippen LogP contribution in [0.3, 0.4) is 0 Å². The zero-order chi connectivity index (χ0) is 20.2. The summed E-state index contributed by atoms with van der Waals surface area (Å²) in [5.74, 6) is 1.63. The molecule has 0 bridgehead atoms. The van der Waals surface area contributed by atoms with Crippen LogP contribution < -0.4 is 14.8 Å². The molecule has 0 fully saturated rings. The summed E-state index contributed by atoms with van der Waals surface area (Å²) >= 11 is 0. The lowest BCUT2D eigenvalue weighted by atomic mass is 10.2. The second kappa shape index (κ2) is 8.06. The fraction of sp³-hybridized carbons (Fsp3) is 0.130. The Morgan fingerprint density at radius 3 is 2.45 bits per heavy atom. The maximum absolute atomic E-state index is 12.1. The standard InChI is InChI=1S/C23H20N2O4/c1-15-3-12-20-21(13-15)29-23(25-20)16-4-6-17(7-5-16)24-22(26)14-28-19-10-8-18(27-2)9-11-19/h3-13H,14H2,1-2H3,(H,24,26). The molecule has 0 aliphatic carbocycles. The molecule has 1 aromatic heterocycles. The van der Waals surface area contributed by atoms with E-state index in [1.54, 1.807) is 43.5 Å². The van der Waals surface area contributed by atoms with Crippen LogP contribution >= 0.6 is 0 Å². The number of fused-ring (bicyclic) bond motifs is 1. The Morgan fingerprint density at radius 1 is 1.00 bits per heavy atom. The third kappa shape index (κ3) is 4.38. The fourth-order valence-corrected chi connectivity index (χ4v) is 2.87. The van der Waals surface area contributed by atoms with E-state index in [2.05, 4.69) is 10.3 Å². The number of nitrogens with one attached hydrogen (secondary N) is 1. The minimum Gasteiger partial charge on any atom is -0.497 e. The topological polar surface area (TPSA) is 73.6 Å². The van der Waals surface area contributed by atoms with Gasteiger partial charge in [-0.2, -0.15) is 0 Å². The molecule has 0 saturated heterocycles. The molecule has 4 rings (SSSR count). The van der Waals surface area contributed by atoms with Gasteiger partial charge < -0.3 is 19.2 Å². The number of hydrogen-bond acceptors (Lipinski definition) is 5. The van der Waals surface area contributed by atoms with Crippen molar-refractivity contribution in [1.29, 1.82) is 0 Å². The van der Waals surface area contributed by atoms with Gasteiger partial charge in [0.2, 0.25) is 5.89 Å². The van der Waals surface area contributed by atoms with E-state index >= 15 is 0 Å². The molecule has 0 unspecified atom stereocenters. The molecule has 0 aliphatic heterocycles. The number of amides is 1. The molecule has 4 aromatic rings. The van der Waals surface area contributed by atoms with Crippen LogP contribution in [0.1, 0.15) is 5.56 Å². The predicted octanol–water partition coefficient (Wildman–Crippen LogP) is 4.83. The van der Waals surface area contributed by atoms with Crippen molar-refractivity contribution in [1.82, 2.24) is 4.98 Å². The van der Waals surface area contributed by atoms with Crippen molar-refractivity contribution in [2.45, 2.75) is 6.92 Å². The van der Waals surface area contributed by atoms with Gasteiger partial charge in [-0.15, -0.1) is 0 Å². The highest BCUT2D eigenvalue weighted by Gasteiger charge is 2.09. The molecule has 1 N–H and O–H groups in total. The summed E-state index contributed by atoms with van der Waals surface area (Å²) in [6.45, 7) is 1.93. The van der Waals surface area contributed by atoms with Crippen LogP contribution in [0, 0.1) is 6.92 Å². The average Bonchev–Trinajstić information content (AvgIpc) is 3.16. The van der Waals surface area contributed by atoms with Gasteiger partial charge in [-0.25, -0.2) is 4.98 Å². The number of benzene rings is 3. The first-order valence-corrected chi connectivity index (χ1v) is 9.15. The quantitative estimate of drug-likeness (QED) is 0.512. The zero-order valence-electron chi connectivity index (χ0n) is 16.1. The van der Waals surface area contributed by atoms with Crippen molar-refractivity contribution in [3.05, 3.63) is 72.3 Å². The number of rotatable bonds is 6. The average molecular weight is 388 g/mol. The van der Waals surface area contributed by atoms with Crippen molar-refractivity contribution in [2.24, 2.45) is 0 Å². The Labute approximate surface area is 168 Å². The minimum atomic E-state index is -0.245. The lowest BCUT2D eigenvalue weighted by Crippen LogP contribution is -2.20. The van der Waals surface area contributed by atoms with Crippen LogP contribution in [0.25, 0.3) is 22.6 Å². The Balaban J connectivity index is 1.37. The van der Waals surface area contributed by atoms with E-state index < -0.39 is 0 Å². The number of carbonyl (C=O) groups is 1. The monoisotopic (exact) mass is 388 g/mol. The molecule has 0 radical (unpaired) electrons. The summed E-state index contributed by atoms with van der Waals surface area (Å²) in [7, 11) is 1.60. The van der Waals surface area contributed by atoms with E-state index in [0.717, 1.165) is 28.0 Å². The molecule has 0 aliphatic rings. The maximum atomic E-state index is 12.1. The molecule has 29 heavy (non-hydrogen) atoms. The number of aryl methyl sites for hydroxylation is 1. The summed E-state index contributed by atoms with van der Waals surface area (Å²) in [5, 5.41) is 2.81. The van der Waals surface area contributed by atoms with Gasteiger partial charge in [0, 0.05) is 11.3 Å². The molecule has 6 nitrogen and oxygen atoms in total. The summed E-state index contributed by atoms with van der Waals surface area (Å²) in [6.07, 6.45) is 0. The minimum absolute atomic E-state index is 0.0848. The molecular formula is C23H20N2O4. The van der Waals surface area contributed by atoms with Crippen LogP contribution in [0.2, 0.25) is 0 Å². The SMILES string of the molecule is COc1ccc(OCC(=O)Nc2ccc(-c3nc4ccc(C)cc4o3)cc2)cc1. The number of anilines is 1. The van der Waals surface area contributed by atoms with E-state index in [9.17, 15) is 4.79 Å². The lowest BCUT2D eigenvalue weighted by Gasteiger charge is -2.08. The van der Waals surface area contributed by atoms with Gasteiger partial charge in [0.05, 0.1) is 7.11 Å². The Morgan fingerprint density at radius 2 is 1.72 bits per heavy atom. The van der Waals surface area contributed by atoms with E-state index in [1.165, 1.54) is 0 Å². The predicted molar refractivity (Wildman–Crippen MR) is 111 cm³/mol. The van der Waals surface area contributed by atoms with Crippen LogP contribution in [0.4, 0.5) is 5.69 Å². The van der Waals surface area contributed by atoms with Gasteiger partial charge in [-0.05, 0) is 73.2 Å². The van der Waals surface area contributed by atoms with E-state index in [0.29, 0.717) is 17.3 Å². The van der Waals surface area contributed by atoms with Gasteiger partial charge in [0.15, 0.2) is 12.2 Å². The number of methoxy groups -OCH3 is 1. The van der Waals surface area contributed by atoms with Crippen molar-refractivity contribution >= 4 is 22.7 Å². The molecular weight excluding hydrogens is 368 g/mol. The molecule has 1 amide bonds. The lowest BCUT2D eigenvalue weighted by molar-refractivity contribution is -0.118. The molecule has 146 valence electrons. The number of ether oxygens (including phenoxy) is 2. The smallest absolute Gasteiger partial charge is 0.262 e. The largest absolute Gasteiger partial charge is 0.497 e. The molecule has 1 heterocycles. The molecule has 3 aromatic carbocycles. The van der Waals surface area contributed by atoms with Gasteiger partial charge in [-0.1, -0.05) is 6.07 Å². The van der Waals surface area contributed by atoms with E-state index in [4.69, 9.17) is 13.9 Å². The summed E-state index contributed by atoms with van der Waals surface area (Å²) < 4.78 is 16.4. The van der Waals surface area contributed by atoms with Gasteiger partial charge >= 0.3 is 0 Å². The van der Waals surface area contributed by atoms with Gasteiger partial charge in [0.1, 0.15) is 17.0 Å². The Kier molecular flexibility index (Phi) is 5.16. The van der Waals surface area contributed by atoms with Crippen molar-refractivity contribution < 1.29 is 18.7 Å². The van der Waals surface area contributed by atoms with Crippen molar-refractivity contribution in [2.75, 3.05) is 19.0 Å². The van der Waals surface area contributed by atoms with Gasteiger partial charge in [0.25, 0.3) is 5.91 Å². The highest BCUT2D eigenvalue weighted by atomic mass is 16.5. The van der Waals surface area contributed by atoms with Crippen LogP contribution in [-0.2, 0) is 4.79 Å². The first-order valence-electron chi connectivity index (χ1n) is 9.15. The number of carbonyl (C=O) groups excluding carboxylic acids is 1. The van der Waals surface area contributed by atoms with Crippen molar-refractivity contribution in [3.63, 3.8) is 0 Å². The third-order valence-corrected chi connectivity index (χ3v) is 4.39. The maximum Gasteiger partial charge on any atom is 0.262 e. The highest BCUT2D eigenvalue weighted by molar-refractivity contribution is 5.92. The van der Waals surface area contributed by atoms with E-state index in [1.807, 2.05) is 37.3 Å². The Bertz CT molecular complexity index is 1130. The highest BCUT2D eigenvalue weighted by Crippen LogP contribution is 2.26. The van der Waals surface area contributed by atoms with Crippen molar-refractivity contribution in [3.8, 4) is 23.0 Å². The second-order valence-corrected chi connectivity index (χ2v) is 6.58. The normalized spacial score (nSPS) is 10.7. The van der Waals surface area contributed by atoms with E-state index in [-0.39, 0.29) is 12.5 Å². The number of hydrogen-bond donors (Lipinski definition) is 1. The van der Waals surface area contributed by atoms with Gasteiger partial charge in [-0.3, -0.25) is 4.79 Å². The summed E-state index contributed by atoms with van der Waals surface area (Å²) in [4.78, 5) is 16.6. The fourth-order valence-electron chi connectivity index (χ4n) is 2.87.